The highest BCUT2D eigenvalue weighted by Crippen LogP contribution is 2.14. The summed E-state index contributed by atoms with van der Waals surface area (Å²) in [7, 11) is 0. The maximum absolute atomic E-state index is 10.3. The van der Waals surface area contributed by atoms with Crippen molar-refractivity contribution in [2.45, 2.75) is 26.8 Å². The van der Waals surface area contributed by atoms with Gasteiger partial charge in [-0.1, -0.05) is 19.1 Å². The number of aromatic nitrogens is 3. The first-order chi connectivity index (χ1) is 5.65. The second-order valence-corrected chi connectivity index (χ2v) is 3.23. The van der Waals surface area contributed by atoms with Crippen molar-refractivity contribution < 1.29 is 4.79 Å². The van der Waals surface area contributed by atoms with E-state index in [0.29, 0.717) is 17.9 Å². The number of carbonyl (C=O) groups excluding carboxylic acids is 1. The molecule has 1 rings (SSSR count). The van der Waals surface area contributed by atoms with Crippen LogP contribution in [0.4, 0.5) is 0 Å². The first-order valence-corrected chi connectivity index (χ1v) is 4.02. The molecule has 1 heterocycles. The molecule has 4 nitrogen and oxygen atoms in total. The maximum atomic E-state index is 10.3. The average molecular weight is 167 g/mol. The van der Waals surface area contributed by atoms with Crippen molar-refractivity contribution in [2.24, 2.45) is 5.92 Å². The molecule has 1 aromatic rings. The molecule has 0 aromatic carbocycles. The van der Waals surface area contributed by atoms with E-state index < -0.39 is 0 Å². The Morgan fingerprint density at radius 2 is 2.17 bits per heavy atom. The highest BCUT2D eigenvalue weighted by molar-refractivity contribution is 5.70. The minimum atomic E-state index is 0.284. The molecule has 66 valence electrons. The predicted molar refractivity (Wildman–Crippen MR) is 45.0 cm³/mol. The van der Waals surface area contributed by atoms with E-state index in [1.807, 2.05) is 6.92 Å². The van der Waals surface area contributed by atoms with Gasteiger partial charge in [0.25, 0.3) is 0 Å². The van der Waals surface area contributed by atoms with E-state index in [2.05, 4.69) is 24.2 Å². The summed E-state index contributed by atoms with van der Waals surface area (Å²) in [5.74, 6) is 0.492. The number of nitrogens with zero attached hydrogens (tertiary/aromatic N) is 3. The smallest absolute Gasteiger partial charge is 0.171 e. The third-order valence-electron chi connectivity index (χ3n) is 2.03. The van der Waals surface area contributed by atoms with Crippen LogP contribution in [-0.2, 0) is 0 Å². The molecule has 0 aliphatic rings. The molecule has 0 N–H and O–H groups in total. The normalized spacial score (nSPS) is 13.3. The summed E-state index contributed by atoms with van der Waals surface area (Å²) in [5, 5.41) is 7.53. The molecule has 0 aliphatic heterocycles. The van der Waals surface area contributed by atoms with E-state index in [4.69, 9.17) is 0 Å². The average Bonchev–Trinajstić information content (AvgIpc) is 2.50. The van der Waals surface area contributed by atoms with Crippen molar-refractivity contribution in [1.82, 2.24) is 15.0 Å². The molecule has 0 fully saturated rings. The van der Waals surface area contributed by atoms with Crippen molar-refractivity contribution in [3.8, 4) is 0 Å². The van der Waals surface area contributed by atoms with Crippen molar-refractivity contribution in [3.05, 3.63) is 11.9 Å². The highest BCUT2D eigenvalue weighted by Gasteiger charge is 2.10. The Kier molecular flexibility index (Phi) is 2.58. The molecule has 0 amide bonds. The standard InChI is InChI=1S/C8H13N3O/c1-6(2)7(3)11-4-8(5-12)9-10-11/h4-7H,1-3H3. The zero-order valence-electron chi connectivity index (χ0n) is 7.56. The summed E-state index contributed by atoms with van der Waals surface area (Å²) < 4.78 is 1.72. The Labute approximate surface area is 71.6 Å². The molecule has 1 unspecified atom stereocenters. The number of rotatable bonds is 3. The fourth-order valence-corrected chi connectivity index (χ4v) is 0.849. The van der Waals surface area contributed by atoms with Crippen LogP contribution < -0.4 is 0 Å². The van der Waals surface area contributed by atoms with Gasteiger partial charge in [-0.05, 0) is 12.8 Å². The molecular formula is C8H13N3O. The minimum Gasteiger partial charge on any atom is -0.296 e. The summed E-state index contributed by atoms with van der Waals surface area (Å²) in [6.45, 7) is 6.26. The minimum absolute atomic E-state index is 0.284. The van der Waals surface area contributed by atoms with Gasteiger partial charge in [0.1, 0.15) is 5.69 Å². The van der Waals surface area contributed by atoms with Gasteiger partial charge in [0.05, 0.1) is 12.2 Å². The van der Waals surface area contributed by atoms with Gasteiger partial charge in [-0.2, -0.15) is 0 Å². The van der Waals surface area contributed by atoms with Crippen LogP contribution in [-0.4, -0.2) is 21.3 Å². The van der Waals surface area contributed by atoms with Gasteiger partial charge < -0.3 is 0 Å². The van der Waals surface area contributed by atoms with Crippen molar-refractivity contribution >= 4 is 6.29 Å². The molecule has 0 aliphatic carbocycles. The van der Waals surface area contributed by atoms with E-state index in [-0.39, 0.29) is 6.04 Å². The van der Waals surface area contributed by atoms with E-state index in [0.717, 1.165) is 0 Å². The van der Waals surface area contributed by atoms with E-state index in [1.54, 1.807) is 10.9 Å². The number of aldehydes is 1. The van der Waals surface area contributed by atoms with Gasteiger partial charge in [-0.15, -0.1) is 5.10 Å². The number of hydrogen-bond acceptors (Lipinski definition) is 3. The molecule has 0 spiro atoms. The topological polar surface area (TPSA) is 47.8 Å². The quantitative estimate of drug-likeness (QED) is 0.637. The zero-order chi connectivity index (χ0) is 9.14. The summed E-state index contributed by atoms with van der Waals surface area (Å²) >= 11 is 0. The molecule has 1 aromatic heterocycles. The largest absolute Gasteiger partial charge is 0.296 e. The molecule has 1 atom stereocenters. The fraction of sp³-hybridized carbons (Fsp3) is 0.625. The maximum Gasteiger partial charge on any atom is 0.171 e. The lowest BCUT2D eigenvalue weighted by molar-refractivity contribution is 0.111. The number of hydrogen-bond donors (Lipinski definition) is 0. The summed E-state index contributed by atoms with van der Waals surface area (Å²) in [6.07, 6.45) is 2.37. The van der Waals surface area contributed by atoms with Crippen LogP contribution in [0, 0.1) is 5.92 Å². The van der Waals surface area contributed by atoms with Gasteiger partial charge >= 0.3 is 0 Å². The summed E-state index contributed by atoms with van der Waals surface area (Å²) in [4.78, 5) is 10.3. The van der Waals surface area contributed by atoms with Gasteiger partial charge in [0, 0.05) is 0 Å². The van der Waals surface area contributed by atoms with Crippen LogP contribution >= 0.6 is 0 Å². The summed E-state index contributed by atoms with van der Waals surface area (Å²) in [6, 6.07) is 0.284. The monoisotopic (exact) mass is 167 g/mol. The van der Waals surface area contributed by atoms with Gasteiger partial charge in [0.15, 0.2) is 6.29 Å². The van der Waals surface area contributed by atoms with Crippen LogP contribution in [0.3, 0.4) is 0 Å². The van der Waals surface area contributed by atoms with Crippen LogP contribution in [0.25, 0.3) is 0 Å². The Hall–Kier alpha value is -1.19. The SMILES string of the molecule is CC(C)C(C)n1cc(C=O)nn1. The Morgan fingerprint density at radius 3 is 2.58 bits per heavy atom. The first kappa shape index (κ1) is 8.90. The second kappa shape index (κ2) is 3.47. The summed E-state index contributed by atoms with van der Waals surface area (Å²) in [5.41, 5.74) is 0.391. The molecule has 12 heavy (non-hydrogen) atoms. The molecule has 0 radical (unpaired) electrons. The predicted octanol–water partition coefficient (Wildman–Crippen LogP) is 1.31. The highest BCUT2D eigenvalue weighted by atomic mass is 16.1. The number of carbonyl (C=O) groups is 1. The molecule has 0 bridgehead atoms. The third kappa shape index (κ3) is 1.69. The lowest BCUT2D eigenvalue weighted by Gasteiger charge is -2.14. The van der Waals surface area contributed by atoms with Gasteiger partial charge in [-0.3, -0.25) is 4.79 Å². The molecule has 0 saturated carbocycles. The Balaban J connectivity index is 2.81. The first-order valence-electron chi connectivity index (χ1n) is 4.02. The Bertz CT molecular complexity index is 267. The lowest BCUT2D eigenvalue weighted by Crippen LogP contribution is -2.11. The third-order valence-corrected chi connectivity index (χ3v) is 2.03. The zero-order valence-corrected chi connectivity index (χ0v) is 7.56. The second-order valence-electron chi connectivity index (χ2n) is 3.23. The Morgan fingerprint density at radius 1 is 1.50 bits per heavy atom. The van der Waals surface area contributed by atoms with Crippen molar-refractivity contribution in [2.75, 3.05) is 0 Å². The van der Waals surface area contributed by atoms with Crippen LogP contribution in [0.5, 0.6) is 0 Å². The van der Waals surface area contributed by atoms with Crippen LogP contribution in [0.15, 0.2) is 6.20 Å². The van der Waals surface area contributed by atoms with Crippen LogP contribution in [0.1, 0.15) is 37.3 Å². The molecule has 4 heteroatoms. The van der Waals surface area contributed by atoms with E-state index in [9.17, 15) is 4.79 Å². The van der Waals surface area contributed by atoms with Crippen molar-refractivity contribution in [3.63, 3.8) is 0 Å². The van der Waals surface area contributed by atoms with Crippen molar-refractivity contribution in [1.29, 1.82) is 0 Å². The van der Waals surface area contributed by atoms with E-state index >= 15 is 0 Å². The van der Waals surface area contributed by atoms with Gasteiger partial charge in [0.2, 0.25) is 0 Å². The molecular weight excluding hydrogens is 154 g/mol. The molecule has 0 saturated heterocycles. The van der Waals surface area contributed by atoms with Gasteiger partial charge in [-0.25, -0.2) is 4.68 Å². The van der Waals surface area contributed by atoms with E-state index in [1.165, 1.54) is 0 Å². The fourth-order valence-electron chi connectivity index (χ4n) is 0.849. The van der Waals surface area contributed by atoms with Crippen LogP contribution in [0.2, 0.25) is 0 Å². The lowest BCUT2D eigenvalue weighted by atomic mass is 10.1.